The van der Waals surface area contributed by atoms with Gasteiger partial charge < -0.3 is 9.84 Å². The lowest BCUT2D eigenvalue weighted by Crippen LogP contribution is -2.28. The third-order valence-electron chi connectivity index (χ3n) is 3.27. The Labute approximate surface area is 115 Å². The van der Waals surface area contributed by atoms with E-state index in [0.29, 0.717) is 17.3 Å². The fraction of sp³-hybridized carbons (Fsp3) is 0.385. The van der Waals surface area contributed by atoms with Gasteiger partial charge in [-0.2, -0.15) is 4.98 Å². The van der Waals surface area contributed by atoms with Crippen molar-refractivity contribution in [1.82, 2.24) is 15.5 Å². The highest BCUT2D eigenvalue weighted by atomic mass is 35.5. The third-order valence-corrected chi connectivity index (χ3v) is 3.56. The van der Waals surface area contributed by atoms with Gasteiger partial charge in [0.05, 0.1) is 10.9 Å². The number of nitrogens with one attached hydrogen (secondary N) is 1. The Balaban J connectivity index is 1.85. The van der Waals surface area contributed by atoms with Crippen molar-refractivity contribution < 1.29 is 8.91 Å². The molecular formula is C13H13ClFN3O. The zero-order chi connectivity index (χ0) is 13.2. The average molecular weight is 282 g/mol. The second-order valence-corrected chi connectivity index (χ2v) is 5.04. The number of piperidine rings is 1. The van der Waals surface area contributed by atoms with Gasteiger partial charge in [0.1, 0.15) is 5.82 Å². The van der Waals surface area contributed by atoms with Gasteiger partial charge in [-0.05, 0) is 37.6 Å². The first-order valence-corrected chi connectivity index (χ1v) is 6.61. The molecule has 1 saturated heterocycles. The van der Waals surface area contributed by atoms with Crippen LogP contribution >= 0.6 is 11.6 Å². The summed E-state index contributed by atoms with van der Waals surface area (Å²) in [6.45, 7) is 1.89. The van der Waals surface area contributed by atoms with E-state index in [2.05, 4.69) is 15.5 Å². The lowest BCUT2D eigenvalue weighted by atomic mass is 10.00. The van der Waals surface area contributed by atoms with Gasteiger partial charge >= 0.3 is 0 Å². The number of hydrogen-bond donors (Lipinski definition) is 1. The van der Waals surface area contributed by atoms with E-state index >= 15 is 0 Å². The van der Waals surface area contributed by atoms with E-state index in [9.17, 15) is 4.39 Å². The minimum atomic E-state index is -0.453. The van der Waals surface area contributed by atoms with Gasteiger partial charge in [-0.1, -0.05) is 16.8 Å². The van der Waals surface area contributed by atoms with Crippen molar-refractivity contribution in [3.63, 3.8) is 0 Å². The van der Waals surface area contributed by atoms with Crippen LogP contribution in [-0.4, -0.2) is 23.2 Å². The van der Waals surface area contributed by atoms with Crippen LogP contribution in [0, 0.1) is 5.82 Å². The minimum Gasteiger partial charge on any atom is -0.339 e. The maximum Gasteiger partial charge on any atom is 0.231 e. The van der Waals surface area contributed by atoms with Crippen molar-refractivity contribution in [2.75, 3.05) is 13.1 Å². The fourth-order valence-corrected chi connectivity index (χ4v) is 2.40. The Bertz CT molecular complexity index is 581. The van der Waals surface area contributed by atoms with Gasteiger partial charge in [-0.3, -0.25) is 0 Å². The molecule has 0 bridgehead atoms. The van der Waals surface area contributed by atoms with E-state index < -0.39 is 5.82 Å². The topological polar surface area (TPSA) is 51.0 Å². The second-order valence-electron chi connectivity index (χ2n) is 4.63. The monoisotopic (exact) mass is 281 g/mol. The van der Waals surface area contributed by atoms with Gasteiger partial charge in [0, 0.05) is 12.1 Å². The lowest BCUT2D eigenvalue weighted by Gasteiger charge is -2.18. The number of rotatable bonds is 2. The van der Waals surface area contributed by atoms with Crippen LogP contribution in [0.1, 0.15) is 24.7 Å². The Morgan fingerprint density at radius 1 is 1.42 bits per heavy atom. The summed E-state index contributed by atoms with van der Waals surface area (Å²) >= 11 is 5.75. The molecule has 4 nitrogen and oxygen atoms in total. The van der Waals surface area contributed by atoms with Gasteiger partial charge in [0.2, 0.25) is 11.7 Å². The largest absolute Gasteiger partial charge is 0.339 e. The van der Waals surface area contributed by atoms with Gasteiger partial charge in [0.15, 0.2) is 0 Å². The summed E-state index contributed by atoms with van der Waals surface area (Å²) in [4.78, 5) is 4.38. The smallest absolute Gasteiger partial charge is 0.231 e. The molecule has 100 valence electrons. The second kappa shape index (κ2) is 5.27. The van der Waals surface area contributed by atoms with Crippen LogP contribution in [0.15, 0.2) is 22.7 Å². The summed E-state index contributed by atoms with van der Waals surface area (Å²) in [7, 11) is 0. The van der Waals surface area contributed by atoms with E-state index in [0.717, 1.165) is 25.9 Å². The summed E-state index contributed by atoms with van der Waals surface area (Å²) in [5.74, 6) is 0.877. The molecule has 1 atom stereocenters. The highest BCUT2D eigenvalue weighted by molar-refractivity contribution is 6.31. The zero-order valence-electron chi connectivity index (χ0n) is 10.2. The van der Waals surface area contributed by atoms with Crippen molar-refractivity contribution in [2.24, 2.45) is 0 Å². The molecule has 6 heteroatoms. The lowest BCUT2D eigenvalue weighted by molar-refractivity contribution is 0.322. The zero-order valence-corrected chi connectivity index (χ0v) is 11.0. The summed E-state index contributed by atoms with van der Waals surface area (Å²) in [6, 6.07) is 4.40. The molecular weight excluding hydrogens is 269 g/mol. The minimum absolute atomic E-state index is 0.0585. The first-order valence-electron chi connectivity index (χ1n) is 6.24. The van der Waals surface area contributed by atoms with E-state index in [-0.39, 0.29) is 10.9 Å². The Hall–Kier alpha value is -1.46. The predicted molar refractivity (Wildman–Crippen MR) is 69.5 cm³/mol. The normalized spacial score (nSPS) is 19.6. The van der Waals surface area contributed by atoms with Crippen LogP contribution in [0.25, 0.3) is 11.4 Å². The van der Waals surface area contributed by atoms with Crippen molar-refractivity contribution in [3.05, 3.63) is 34.9 Å². The van der Waals surface area contributed by atoms with E-state index in [1.807, 2.05) is 0 Å². The molecule has 0 saturated carbocycles. The molecule has 1 aliphatic rings. The number of aromatic nitrogens is 2. The molecule has 1 N–H and O–H groups in total. The Morgan fingerprint density at radius 3 is 3.05 bits per heavy atom. The van der Waals surface area contributed by atoms with Gasteiger partial charge in [-0.25, -0.2) is 4.39 Å². The SMILES string of the molecule is Fc1ccc(-c2noc([C@H]3CCCNC3)n2)cc1Cl. The van der Waals surface area contributed by atoms with Crippen LogP contribution < -0.4 is 5.32 Å². The first-order chi connectivity index (χ1) is 9.24. The molecule has 3 rings (SSSR count). The molecule has 1 aromatic carbocycles. The summed E-state index contributed by atoms with van der Waals surface area (Å²) < 4.78 is 18.4. The molecule has 1 aromatic heterocycles. The predicted octanol–water partition coefficient (Wildman–Crippen LogP) is 3.00. The molecule has 2 heterocycles. The molecule has 1 fully saturated rings. The molecule has 2 aromatic rings. The maximum atomic E-state index is 13.1. The average Bonchev–Trinajstić information content (AvgIpc) is 2.93. The molecule has 0 amide bonds. The number of hydrogen-bond acceptors (Lipinski definition) is 4. The Morgan fingerprint density at radius 2 is 2.32 bits per heavy atom. The number of nitrogens with zero attached hydrogens (tertiary/aromatic N) is 2. The highest BCUT2D eigenvalue weighted by Crippen LogP contribution is 2.26. The van der Waals surface area contributed by atoms with Crippen molar-refractivity contribution >= 4 is 11.6 Å². The van der Waals surface area contributed by atoms with Gasteiger partial charge in [-0.15, -0.1) is 0 Å². The molecule has 1 aliphatic heterocycles. The Kier molecular flexibility index (Phi) is 3.48. The van der Waals surface area contributed by atoms with Gasteiger partial charge in [0.25, 0.3) is 0 Å². The van der Waals surface area contributed by atoms with Crippen LogP contribution in [-0.2, 0) is 0 Å². The summed E-state index contributed by atoms with van der Waals surface area (Å²) in [5.41, 5.74) is 0.658. The summed E-state index contributed by atoms with van der Waals surface area (Å²) in [6.07, 6.45) is 2.14. The molecule has 0 aliphatic carbocycles. The molecule has 19 heavy (non-hydrogen) atoms. The fourth-order valence-electron chi connectivity index (χ4n) is 2.22. The number of benzene rings is 1. The van der Waals surface area contributed by atoms with Crippen LogP contribution in [0.2, 0.25) is 5.02 Å². The van der Waals surface area contributed by atoms with Crippen molar-refractivity contribution in [2.45, 2.75) is 18.8 Å². The molecule has 0 radical (unpaired) electrons. The molecule has 0 spiro atoms. The summed E-state index contributed by atoms with van der Waals surface area (Å²) in [5, 5.41) is 7.30. The van der Waals surface area contributed by atoms with Crippen molar-refractivity contribution in [1.29, 1.82) is 0 Å². The van der Waals surface area contributed by atoms with Crippen LogP contribution in [0.3, 0.4) is 0 Å². The van der Waals surface area contributed by atoms with E-state index in [1.165, 1.54) is 12.1 Å². The quantitative estimate of drug-likeness (QED) is 0.919. The standard InChI is InChI=1S/C13H13ClFN3O/c14-10-6-8(3-4-11(10)15)12-17-13(19-18-12)9-2-1-5-16-7-9/h3-4,6,9,16H,1-2,5,7H2/t9-/m0/s1. The number of halogens is 2. The van der Waals surface area contributed by atoms with E-state index in [1.54, 1.807) is 6.07 Å². The first kappa shape index (κ1) is 12.6. The van der Waals surface area contributed by atoms with Crippen LogP contribution in [0.4, 0.5) is 4.39 Å². The third kappa shape index (κ3) is 2.62. The molecule has 0 unspecified atom stereocenters. The van der Waals surface area contributed by atoms with Crippen LogP contribution in [0.5, 0.6) is 0 Å². The maximum absolute atomic E-state index is 13.1. The van der Waals surface area contributed by atoms with Crippen molar-refractivity contribution in [3.8, 4) is 11.4 Å². The highest BCUT2D eigenvalue weighted by Gasteiger charge is 2.21. The van der Waals surface area contributed by atoms with E-state index in [4.69, 9.17) is 16.1 Å².